The Bertz CT molecular complexity index is 285. The van der Waals surface area contributed by atoms with Gasteiger partial charge in [-0.25, -0.2) is 0 Å². The molecule has 1 aromatic rings. The summed E-state index contributed by atoms with van der Waals surface area (Å²) in [7, 11) is 0. The topological polar surface area (TPSA) is 12.4 Å². The molecule has 1 rings (SSSR count). The molecule has 1 aromatic carbocycles. The van der Waals surface area contributed by atoms with Crippen molar-refractivity contribution in [1.29, 1.82) is 0 Å². The zero-order chi connectivity index (χ0) is 10.1. The van der Waals surface area contributed by atoms with Gasteiger partial charge in [-0.2, -0.15) is 0 Å². The molecule has 0 aliphatic heterocycles. The molecular weight excluding hydrogens is 170 g/mol. The van der Waals surface area contributed by atoms with Crippen LogP contribution in [0.1, 0.15) is 25.3 Å². The van der Waals surface area contributed by atoms with Gasteiger partial charge in [0.25, 0.3) is 0 Å². The SMILES string of the molecule is CCCC=CC=NCc1ccccc1. The van der Waals surface area contributed by atoms with E-state index >= 15 is 0 Å². The van der Waals surface area contributed by atoms with Crippen molar-refractivity contribution in [3.05, 3.63) is 48.0 Å². The molecule has 0 aliphatic carbocycles. The van der Waals surface area contributed by atoms with E-state index < -0.39 is 0 Å². The van der Waals surface area contributed by atoms with Gasteiger partial charge in [0, 0.05) is 6.21 Å². The van der Waals surface area contributed by atoms with Gasteiger partial charge in [0.2, 0.25) is 0 Å². The van der Waals surface area contributed by atoms with E-state index in [9.17, 15) is 0 Å². The molecule has 14 heavy (non-hydrogen) atoms. The van der Waals surface area contributed by atoms with Crippen LogP contribution in [-0.2, 0) is 6.54 Å². The molecule has 0 spiro atoms. The molecule has 0 saturated carbocycles. The number of hydrogen-bond acceptors (Lipinski definition) is 1. The van der Waals surface area contributed by atoms with Crippen molar-refractivity contribution < 1.29 is 0 Å². The lowest BCUT2D eigenvalue weighted by Gasteiger charge is -1.92. The first kappa shape index (κ1) is 10.7. The Labute approximate surface area is 86.2 Å². The minimum absolute atomic E-state index is 0.775. The average Bonchev–Trinajstić information content (AvgIpc) is 2.25. The average molecular weight is 187 g/mol. The van der Waals surface area contributed by atoms with E-state index in [1.807, 2.05) is 30.5 Å². The van der Waals surface area contributed by atoms with Gasteiger partial charge in [0.1, 0.15) is 0 Å². The molecule has 0 radical (unpaired) electrons. The number of benzene rings is 1. The largest absolute Gasteiger partial charge is 0.288 e. The van der Waals surface area contributed by atoms with Crippen molar-refractivity contribution in [1.82, 2.24) is 0 Å². The number of hydrogen-bond donors (Lipinski definition) is 0. The molecule has 0 unspecified atom stereocenters. The number of allylic oxidation sites excluding steroid dienone is 2. The van der Waals surface area contributed by atoms with Gasteiger partial charge in [0.05, 0.1) is 6.54 Å². The van der Waals surface area contributed by atoms with Crippen LogP contribution in [0.25, 0.3) is 0 Å². The maximum Gasteiger partial charge on any atom is 0.0639 e. The van der Waals surface area contributed by atoms with Gasteiger partial charge in [-0.05, 0) is 18.1 Å². The number of aliphatic imine (C=N–C) groups is 1. The summed E-state index contributed by atoms with van der Waals surface area (Å²) in [4.78, 5) is 4.30. The molecule has 0 saturated heterocycles. The Hall–Kier alpha value is -1.37. The second-order valence-corrected chi connectivity index (χ2v) is 3.19. The quantitative estimate of drug-likeness (QED) is 0.624. The van der Waals surface area contributed by atoms with Crippen molar-refractivity contribution >= 4 is 6.21 Å². The van der Waals surface area contributed by atoms with E-state index in [-0.39, 0.29) is 0 Å². The standard InChI is InChI=1S/C13H17N/c1-2-3-4-8-11-14-12-13-9-6-5-7-10-13/h4-11H,2-3,12H2,1H3. The van der Waals surface area contributed by atoms with Crippen molar-refractivity contribution in [3.63, 3.8) is 0 Å². The van der Waals surface area contributed by atoms with Crippen molar-refractivity contribution in [3.8, 4) is 0 Å². The molecule has 0 amide bonds. The summed E-state index contributed by atoms with van der Waals surface area (Å²) in [6.07, 6.45) is 8.38. The van der Waals surface area contributed by atoms with Gasteiger partial charge in [-0.15, -0.1) is 0 Å². The zero-order valence-electron chi connectivity index (χ0n) is 8.69. The smallest absolute Gasteiger partial charge is 0.0639 e. The van der Waals surface area contributed by atoms with Crippen molar-refractivity contribution in [2.24, 2.45) is 4.99 Å². The highest BCUT2D eigenvalue weighted by Crippen LogP contribution is 1.99. The summed E-state index contributed by atoms with van der Waals surface area (Å²) in [6.45, 7) is 2.95. The minimum Gasteiger partial charge on any atom is -0.288 e. The Morgan fingerprint density at radius 2 is 2.00 bits per heavy atom. The Morgan fingerprint density at radius 1 is 1.21 bits per heavy atom. The van der Waals surface area contributed by atoms with Crippen LogP contribution < -0.4 is 0 Å². The van der Waals surface area contributed by atoms with Crippen LogP contribution in [0.2, 0.25) is 0 Å². The van der Waals surface area contributed by atoms with Crippen LogP contribution in [-0.4, -0.2) is 6.21 Å². The van der Waals surface area contributed by atoms with E-state index in [2.05, 4.69) is 30.1 Å². The number of nitrogens with zero attached hydrogens (tertiary/aromatic N) is 1. The van der Waals surface area contributed by atoms with E-state index in [1.54, 1.807) is 0 Å². The van der Waals surface area contributed by atoms with Crippen LogP contribution in [0.3, 0.4) is 0 Å². The van der Waals surface area contributed by atoms with Gasteiger partial charge in [0.15, 0.2) is 0 Å². The third-order valence-electron chi connectivity index (χ3n) is 1.90. The van der Waals surface area contributed by atoms with E-state index in [0.717, 1.165) is 13.0 Å². The first-order valence-electron chi connectivity index (χ1n) is 5.12. The Morgan fingerprint density at radius 3 is 2.71 bits per heavy atom. The summed E-state index contributed by atoms with van der Waals surface area (Å²) in [5.41, 5.74) is 1.26. The highest BCUT2D eigenvalue weighted by atomic mass is 14.7. The fourth-order valence-corrected chi connectivity index (χ4v) is 1.13. The first-order chi connectivity index (χ1) is 6.93. The third kappa shape index (κ3) is 4.61. The molecule has 0 N–H and O–H groups in total. The summed E-state index contributed by atoms with van der Waals surface area (Å²) < 4.78 is 0. The number of unbranched alkanes of at least 4 members (excludes halogenated alkanes) is 1. The molecule has 0 fully saturated rings. The summed E-state index contributed by atoms with van der Waals surface area (Å²) in [5.74, 6) is 0. The maximum absolute atomic E-state index is 4.30. The van der Waals surface area contributed by atoms with E-state index in [0.29, 0.717) is 0 Å². The van der Waals surface area contributed by atoms with Crippen LogP contribution in [0.15, 0.2) is 47.5 Å². The van der Waals surface area contributed by atoms with Crippen LogP contribution in [0.5, 0.6) is 0 Å². The lowest BCUT2D eigenvalue weighted by Crippen LogP contribution is -1.79. The van der Waals surface area contributed by atoms with E-state index in [1.165, 1.54) is 12.0 Å². The van der Waals surface area contributed by atoms with Crippen LogP contribution in [0, 0.1) is 0 Å². The zero-order valence-corrected chi connectivity index (χ0v) is 8.69. The fraction of sp³-hybridized carbons (Fsp3) is 0.308. The molecule has 0 atom stereocenters. The van der Waals surface area contributed by atoms with E-state index in [4.69, 9.17) is 0 Å². The highest BCUT2D eigenvalue weighted by Gasteiger charge is 1.84. The molecule has 74 valence electrons. The van der Waals surface area contributed by atoms with Crippen molar-refractivity contribution in [2.45, 2.75) is 26.3 Å². The first-order valence-corrected chi connectivity index (χ1v) is 5.12. The normalized spacial score (nSPS) is 11.5. The monoisotopic (exact) mass is 187 g/mol. The molecule has 0 aliphatic rings. The third-order valence-corrected chi connectivity index (χ3v) is 1.90. The van der Waals surface area contributed by atoms with Gasteiger partial charge < -0.3 is 0 Å². The summed E-state index contributed by atoms with van der Waals surface area (Å²) in [5, 5.41) is 0. The second-order valence-electron chi connectivity index (χ2n) is 3.19. The molecule has 1 nitrogen and oxygen atoms in total. The van der Waals surface area contributed by atoms with Gasteiger partial charge >= 0.3 is 0 Å². The second kappa shape index (κ2) is 7.07. The predicted octanol–water partition coefficient (Wildman–Crippen LogP) is 3.61. The molecule has 0 bridgehead atoms. The predicted molar refractivity (Wildman–Crippen MR) is 62.7 cm³/mol. The summed E-state index contributed by atoms with van der Waals surface area (Å²) in [6, 6.07) is 10.3. The Balaban J connectivity index is 2.27. The lowest BCUT2D eigenvalue weighted by molar-refractivity contribution is 0.959. The summed E-state index contributed by atoms with van der Waals surface area (Å²) >= 11 is 0. The Kier molecular flexibility index (Phi) is 5.41. The lowest BCUT2D eigenvalue weighted by atomic mass is 10.2. The van der Waals surface area contributed by atoms with Crippen LogP contribution >= 0.6 is 0 Å². The minimum atomic E-state index is 0.775. The van der Waals surface area contributed by atoms with Crippen molar-refractivity contribution in [2.75, 3.05) is 0 Å². The van der Waals surface area contributed by atoms with Crippen LogP contribution in [0.4, 0.5) is 0 Å². The highest BCUT2D eigenvalue weighted by molar-refractivity contribution is 5.70. The molecule has 0 aromatic heterocycles. The van der Waals surface area contributed by atoms with Gasteiger partial charge in [-0.3, -0.25) is 4.99 Å². The molecule has 1 heteroatoms. The molecule has 0 heterocycles. The maximum atomic E-state index is 4.30. The molecular formula is C13H17N. The fourth-order valence-electron chi connectivity index (χ4n) is 1.13. The van der Waals surface area contributed by atoms with Gasteiger partial charge in [-0.1, -0.05) is 49.8 Å². The number of rotatable bonds is 5.